The van der Waals surface area contributed by atoms with E-state index in [0.717, 1.165) is 17.7 Å². The number of methoxy groups -OCH3 is 2. The maximum Gasteiger partial charge on any atom is 0.163 e. The van der Waals surface area contributed by atoms with E-state index in [1.54, 1.807) is 18.9 Å². The molecule has 1 atom stereocenters. The number of rotatable bonds is 3. The molecule has 144 valence electrons. The Bertz CT molecular complexity index is 1040. The predicted molar refractivity (Wildman–Crippen MR) is 103 cm³/mol. The van der Waals surface area contributed by atoms with E-state index in [1.165, 1.54) is 6.20 Å². The van der Waals surface area contributed by atoms with Crippen LogP contribution < -0.4 is 14.8 Å². The van der Waals surface area contributed by atoms with Gasteiger partial charge in [-0.2, -0.15) is 10.4 Å². The second-order valence-electron chi connectivity index (χ2n) is 7.94. The molecule has 0 spiro atoms. The average Bonchev–Trinajstić information content (AvgIpc) is 3.07. The van der Waals surface area contributed by atoms with Crippen LogP contribution in [0.3, 0.4) is 0 Å². The quantitative estimate of drug-likeness (QED) is 0.880. The van der Waals surface area contributed by atoms with Crippen molar-refractivity contribution in [3.8, 4) is 17.6 Å². The zero-order chi connectivity index (χ0) is 20.1. The Morgan fingerprint density at radius 2 is 2.00 bits per heavy atom. The molecule has 1 aliphatic heterocycles. The Balaban J connectivity index is 1.93. The second kappa shape index (κ2) is 6.41. The SMILES string of the molecule is COc1ccc([C@H]2C3=C(CC(C)(C)CC3=O)Nc3c(C#N)cnn32)cc1OC. The van der Waals surface area contributed by atoms with Gasteiger partial charge in [-0.15, -0.1) is 0 Å². The van der Waals surface area contributed by atoms with E-state index in [1.807, 2.05) is 18.2 Å². The highest BCUT2D eigenvalue weighted by atomic mass is 16.5. The molecule has 0 bridgehead atoms. The molecule has 0 fully saturated rings. The summed E-state index contributed by atoms with van der Waals surface area (Å²) in [5, 5.41) is 17.2. The first-order valence-electron chi connectivity index (χ1n) is 9.11. The van der Waals surface area contributed by atoms with E-state index in [4.69, 9.17) is 9.47 Å². The predicted octanol–water partition coefficient (Wildman–Crippen LogP) is 3.43. The van der Waals surface area contributed by atoms with Gasteiger partial charge in [0.15, 0.2) is 17.3 Å². The number of fused-ring (bicyclic) bond motifs is 1. The molecule has 0 saturated heterocycles. The summed E-state index contributed by atoms with van der Waals surface area (Å²) in [6.45, 7) is 4.16. The number of allylic oxidation sites excluding steroid dienone is 2. The number of nitriles is 1. The van der Waals surface area contributed by atoms with E-state index < -0.39 is 6.04 Å². The number of anilines is 1. The van der Waals surface area contributed by atoms with Gasteiger partial charge >= 0.3 is 0 Å². The Hall–Kier alpha value is -3.27. The average molecular weight is 378 g/mol. The van der Waals surface area contributed by atoms with Crippen molar-refractivity contribution >= 4 is 11.6 Å². The number of aromatic nitrogens is 2. The number of nitrogens with zero attached hydrogens (tertiary/aromatic N) is 3. The third-order valence-electron chi connectivity index (χ3n) is 5.35. The molecular weight excluding hydrogens is 356 g/mol. The van der Waals surface area contributed by atoms with Crippen LogP contribution in [0.2, 0.25) is 0 Å². The van der Waals surface area contributed by atoms with Crippen LogP contribution in [0.25, 0.3) is 0 Å². The van der Waals surface area contributed by atoms with Crippen molar-refractivity contribution in [2.45, 2.75) is 32.7 Å². The molecule has 28 heavy (non-hydrogen) atoms. The number of carbonyl (C=O) groups is 1. The van der Waals surface area contributed by atoms with Crippen LogP contribution in [0.4, 0.5) is 5.82 Å². The number of hydrogen-bond donors (Lipinski definition) is 1. The van der Waals surface area contributed by atoms with Gasteiger partial charge in [0.2, 0.25) is 0 Å². The Morgan fingerprint density at radius 1 is 1.25 bits per heavy atom. The standard InChI is InChI=1S/C21H22N4O3/c1-21(2)8-14-18(15(26)9-21)19(25-20(24-14)13(10-22)11-23-25)12-5-6-16(27-3)17(7-12)28-4/h5-7,11,19,24H,8-9H2,1-4H3/t19-/m0/s1. The molecule has 1 N–H and O–H groups in total. The molecule has 4 rings (SSSR count). The molecule has 1 aromatic carbocycles. The highest BCUT2D eigenvalue weighted by molar-refractivity contribution is 6.00. The number of ether oxygens (including phenoxy) is 2. The first-order chi connectivity index (χ1) is 13.4. The first-order valence-corrected chi connectivity index (χ1v) is 9.11. The first kappa shape index (κ1) is 18.1. The van der Waals surface area contributed by atoms with Gasteiger partial charge in [0.25, 0.3) is 0 Å². The number of nitrogens with one attached hydrogen (secondary N) is 1. The molecule has 0 radical (unpaired) electrons. The molecule has 2 aromatic rings. The summed E-state index contributed by atoms with van der Waals surface area (Å²) in [5.74, 6) is 1.91. The van der Waals surface area contributed by atoms with Crippen molar-refractivity contribution in [1.29, 1.82) is 5.26 Å². The summed E-state index contributed by atoms with van der Waals surface area (Å²) in [7, 11) is 3.16. The van der Waals surface area contributed by atoms with Crippen molar-refractivity contribution in [3.63, 3.8) is 0 Å². The van der Waals surface area contributed by atoms with Gasteiger partial charge in [-0.3, -0.25) is 4.79 Å². The molecular formula is C21H22N4O3. The van der Waals surface area contributed by atoms with Crippen molar-refractivity contribution in [3.05, 3.63) is 46.8 Å². The lowest BCUT2D eigenvalue weighted by Crippen LogP contribution is -2.36. The van der Waals surface area contributed by atoms with Crippen LogP contribution in [0.15, 0.2) is 35.7 Å². The summed E-state index contributed by atoms with van der Waals surface area (Å²) < 4.78 is 12.5. The summed E-state index contributed by atoms with van der Waals surface area (Å²) in [6.07, 6.45) is 2.73. The molecule has 2 aliphatic rings. The van der Waals surface area contributed by atoms with Crippen LogP contribution >= 0.6 is 0 Å². The fraction of sp³-hybridized carbons (Fsp3) is 0.381. The topological polar surface area (TPSA) is 89.2 Å². The van der Waals surface area contributed by atoms with Crippen molar-refractivity contribution < 1.29 is 14.3 Å². The van der Waals surface area contributed by atoms with Crippen molar-refractivity contribution in [2.75, 3.05) is 19.5 Å². The van der Waals surface area contributed by atoms with Crippen LogP contribution in [-0.4, -0.2) is 29.8 Å². The summed E-state index contributed by atoms with van der Waals surface area (Å²) in [5.41, 5.74) is 2.73. The smallest absolute Gasteiger partial charge is 0.163 e. The molecule has 1 aliphatic carbocycles. The van der Waals surface area contributed by atoms with E-state index in [-0.39, 0.29) is 11.2 Å². The molecule has 0 unspecified atom stereocenters. The molecule has 2 heterocycles. The third-order valence-corrected chi connectivity index (χ3v) is 5.35. The monoisotopic (exact) mass is 378 g/mol. The Kier molecular flexibility index (Phi) is 4.15. The summed E-state index contributed by atoms with van der Waals surface area (Å²) in [6, 6.07) is 7.35. The lowest BCUT2D eigenvalue weighted by molar-refractivity contribution is -0.118. The number of benzene rings is 1. The van der Waals surface area contributed by atoms with Gasteiger partial charge in [-0.25, -0.2) is 4.68 Å². The maximum absolute atomic E-state index is 13.1. The summed E-state index contributed by atoms with van der Waals surface area (Å²) >= 11 is 0. The van der Waals surface area contributed by atoms with E-state index >= 15 is 0 Å². The van der Waals surface area contributed by atoms with Crippen LogP contribution in [0, 0.1) is 16.7 Å². The minimum Gasteiger partial charge on any atom is -0.493 e. The lowest BCUT2D eigenvalue weighted by atomic mass is 9.73. The fourth-order valence-electron chi connectivity index (χ4n) is 4.12. The summed E-state index contributed by atoms with van der Waals surface area (Å²) in [4.78, 5) is 13.1. The van der Waals surface area contributed by atoms with Crippen LogP contribution in [0.5, 0.6) is 11.5 Å². The third kappa shape index (κ3) is 2.73. The zero-order valence-corrected chi connectivity index (χ0v) is 16.4. The number of Topliss-reactive ketones (excluding diaryl/α,β-unsaturated/α-hetero) is 1. The Labute approximate surface area is 163 Å². The van der Waals surface area contributed by atoms with Gasteiger partial charge < -0.3 is 14.8 Å². The Morgan fingerprint density at radius 3 is 2.68 bits per heavy atom. The normalized spacial score (nSPS) is 20.0. The lowest BCUT2D eigenvalue weighted by Gasteiger charge is -2.39. The molecule has 0 amide bonds. The van der Waals surface area contributed by atoms with Gasteiger partial charge in [0.05, 0.1) is 20.4 Å². The highest BCUT2D eigenvalue weighted by Crippen LogP contribution is 2.47. The van der Waals surface area contributed by atoms with E-state index in [0.29, 0.717) is 34.9 Å². The van der Waals surface area contributed by atoms with Gasteiger partial charge in [-0.05, 0) is 29.5 Å². The molecule has 7 nitrogen and oxygen atoms in total. The van der Waals surface area contributed by atoms with Crippen molar-refractivity contribution in [1.82, 2.24) is 9.78 Å². The van der Waals surface area contributed by atoms with Gasteiger partial charge in [0.1, 0.15) is 23.5 Å². The minimum absolute atomic E-state index is 0.0955. The largest absolute Gasteiger partial charge is 0.493 e. The van der Waals surface area contributed by atoms with Crippen LogP contribution in [0.1, 0.15) is 43.9 Å². The highest BCUT2D eigenvalue weighted by Gasteiger charge is 2.41. The van der Waals surface area contributed by atoms with Gasteiger partial charge in [-0.1, -0.05) is 19.9 Å². The number of ketones is 1. The second-order valence-corrected chi connectivity index (χ2v) is 7.94. The van der Waals surface area contributed by atoms with E-state index in [9.17, 15) is 10.1 Å². The molecule has 0 saturated carbocycles. The van der Waals surface area contributed by atoms with Crippen LogP contribution in [-0.2, 0) is 4.79 Å². The van der Waals surface area contributed by atoms with E-state index in [2.05, 4.69) is 30.3 Å². The fourth-order valence-corrected chi connectivity index (χ4v) is 4.12. The minimum atomic E-state index is -0.420. The zero-order valence-electron chi connectivity index (χ0n) is 16.4. The maximum atomic E-state index is 13.1. The molecule has 1 aromatic heterocycles. The number of hydrogen-bond acceptors (Lipinski definition) is 6. The molecule has 7 heteroatoms. The van der Waals surface area contributed by atoms with Crippen molar-refractivity contribution in [2.24, 2.45) is 5.41 Å². The van der Waals surface area contributed by atoms with Gasteiger partial charge in [0, 0.05) is 17.7 Å². The number of carbonyl (C=O) groups excluding carboxylic acids is 1.